The summed E-state index contributed by atoms with van der Waals surface area (Å²) in [6.07, 6.45) is 3.20. The average Bonchev–Trinajstić information content (AvgIpc) is 3.55. The van der Waals surface area contributed by atoms with Crippen molar-refractivity contribution in [3.05, 3.63) is 102 Å². The van der Waals surface area contributed by atoms with Crippen LogP contribution in [0, 0.1) is 5.92 Å². The van der Waals surface area contributed by atoms with Gasteiger partial charge in [-0.15, -0.1) is 0 Å². The zero-order valence-corrected chi connectivity index (χ0v) is 48.2. The number of carbonyl (C=O) groups excluding carboxylic acids is 2. The molecule has 0 bridgehead atoms. The molecule has 1 aliphatic heterocycles. The van der Waals surface area contributed by atoms with Crippen LogP contribution in [0.5, 0.6) is 11.5 Å². The minimum atomic E-state index is -2.06. The molecule has 3 unspecified atom stereocenters. The Morgan fingerprint density at radius 2 is 1.42 bits per heavy atom. The Hall–Kier alpha value is -3.05. The molecule has 4 rings (SSSR count). The Bertz CT molecular complexity index is 2040. The molecule has 3 aromatic carbocycles. The van der Waals surface area contributed by atoms with E-state index in [2.05, 4.69) is 105 Å². The van der Waals surface area contributed by atoms with Crippen molar-refractivity contribution in [3.8, 4) is 11.5 Å². The van der Waals surface area contributed by atoms with Gasteiger partial charge in [-0.3, -0.25) is 0 Å². The number of ether oxygens (including phenoxy) is 7. The van der Waals surface area contributed by atoms with Gasteiger partial charge in [0.25, 0.3) is 0 Å². The van der Waals surface area contributed by atoms with E-state index >= 15 is 0 Å². The molecule has 3 aromatic rings. The molecule has 10 nitrogen and oxygen atoms in total. The second kappa shape index (κ2) is 24.7. The Kier molecular flexibility index (Phi) is 20.8. The summed E-state index contributed by atoms with van der Waals surface area (Å²) >= 11 is -0.177. The number of esters is 2. The maximum absolute atomic E-state index is 14.5. The predicted molar refractivity (Wildman–Crippen MR) is 280 cm³/mol. The van der Waals surface area contributed by atoms with Gasteiger partial charge < -0.3 is 0 Å². The molecule has 1 heterocycles. The van der Waals surface area contributed by atoms with Crippen molar-refractivity contribution in [2.24, 2.45) is 5.92 Å². The van der Waals surface area contributed by atoms with E-state index in [0.717, 1.165) is 17.7 Å². The SMILES string of the molecule is COCOc1cc(OCC[Si](C)(C)C)cc(C(CC[C@@H]2OC(C)(C)OC2C(/C=C\[C@@H](C)[C@@H](C)O[Si](C)(C)C(C)(C)C)OC(=O)c2ccccc2)[Se]c2ccccc2)c1C(=O)OCC[Si](C)(C)C. The van der Waals surface area contributed by atoms with Gasteiger partial charge in [-0.2, -0.15) is 0 Å². The summed E-state index contributed by atoms with van der Waals surface area (Å²) in [6.45, 7) is 33.9. The molecule has 0 radical (unpaired) electrons. The molecular formula is C53H82O10SeSi3. The van der Waals surface area contributed by atoms with E-state index in [4.69, 9.17) is 37.6 Å². The molecule has 67 heavy (non-hydrogen) atoms. The van der Waals surface area contributed by atoms with Crippen molar-refractivity contribution < 1.29 is 47.2 Å². The molecular weight excluding hydrogens is 960 g/mol. The molecule has 6 atom stereocenters. The van der Waals surface area contributed by atoms with Crippen LogP contribution >= 0.6 is 0 Å². The Morgan fingerprint density at radius 1 is 0.806 bits per heavy atom. The first-order valence-corrected chi connectivity index (χ1v) is 36.1. The fraction of sp³-hybridized carbons (Fsp3) is 0.585. The normalized spacial score (nSPS) is 18.6. The quantitative estimate of drug-likeness (QED) is 0.0352. The average molecular weight is 1040 g/mol. The van der Waals surface area contributed by atoms with Crippen molar-refractivity contribution in [2.45, 2.75) is 166 Å². The minimum absolute atomic E-state index is 0.0115. The van der Waals surface area contributed by atoms with Gasteiger partial charge in [0.2, 0.25) is 0 Å². The zero-order chi connectivity index (χ0) is 49.8. The maximum atomic E-state index is 14.5. The van der Waals surface area contributed by atoms with Crippen LogP contribution in [0.1, 0.15) is 92.4 Å². The topological polar surface area (TPSA) is 108 Å². The number of methoxy groups -OCH3 is 1. The third kappa shape index (κ3) is 18.3. The summed E-state index contributed by atoms with van der Waals surface area (Å²) in [5.74, 6) is -0.838. The molecule has 0 amide bonds. The first kappa shape index (κ1) is 56.5. The fourth-order valence-corrected chi connectivity index (χ4v) is 12.7. The van der Waals surface area contributed by atoms with E-state index in [1.165, 1.54) is 4.46 Å². The van der Waals surface area contributed by atoms with Crippen molar-refractivity contribution in [2.75, 3.05) is 27.1 Å². The third-order valence-electron chi connectivity index (χ3n) is 12.4. The van der Waals surface area contributed by atoms with Crippen LogP contribution in [0.2, 0.25) is 69.5 Å². The van der Waals surface area contributed by atoms with Crippen molar-refractivity contribution >= 4 is 55.8 Å². The molecule has 14 heteroatoms. The summed E-state index contributed by atoms with van der Waals surface area (Å²) in [7, 11) is -3.43. The molecule has 1 saturated heterocycles. The van der Waals surface area contributed by atoms with Crippen LogP contribution in [0.25, 0.3) is 0 Å². The Balaban J connectivity index is 1.80. The second-order valence-corrected chi connectivity index (χ2v) is 40.9. The van der Waals surface area contributed by atoms with E-state index in [-0.39, 0.29) is 43.6 Å². The first-order valence-electron chi connectivity index (χ1n) is 24.0. The van der Waals surface area contributed by atoms with Crippen molar-refractivity contribution in [3.63, 3.8) is 0 Å². The molecule has 0 aliphatic carbocycles. The van der Waals surface area contributed by atoms with E-state index in [0.29, 0.717) is 48.7 Å². The Morgan fingerprint density at radius 3 is 2.01 bits per heavy atom. The summed E-state index contributed by atoms with van der Waals surface area (Å²) in [5.41, 5.74) is 1.63. The van der Waals surface area contributed by atoms with Gasteiger partial charge in [-0.25, -0.2) is 0 Å². The standard InChI is InChI=1S/C53H82O10SeSi3/c1-38(39(2)63-67(15,16)52(3,4)5)27-28-44(60-50(54)40-23-19-17-20-24-40)49-45(61-53(6,7)62-49)29-30-47(64-42-25-21-18-22-26-42)43-35-41(57-31-33-65(9,10)11)36-46(59-37-56-8)48(43)51(55)58-32-34-66(12,13)14/h17-28,35-36,38-39,44-45,47,49H,29-34,37H2,1-16H3/b28-27-/t38-,39-,44?,45+,47?,49?/m1/s1. The molecule has 1 aliphatic rings. The zero-order valence-electron chi connectivity index (χ0n) is 43.5. The molecule has 0 aromatic heterocycles. The third-order valence-corrected chi connectivity index (χ3v) is 23.1. The van der Waals surface area contributed by atoms with E-state index in [1.54, 1.807) is 25.3 Å². The number of benzene rings is 3. The monoisotopic (exact) mass is 1040 g/mol. The van der Waals surface area contributed by atoms with E-state index in [1.807, 2.05) is 62.4 Å². The van der Waals surface area contributed by atoms with Crippen LogP contribution in [0.15, 0.2) is 84.9 Å². The van der Waals surface area contributed by atoms with E-state index in [9.17, 15) is 9.59 Å². The number of carbonyl (C=O) groups is 2. The van der Waals surface area contributed by atoms with E-state index < -0.39 is 60.5 Å². The fourth-order valence-electron chi connectivity index (χ4n) is 7.19. The Labute approximate surface area is 412 Å². The summed E-state index contributed by atoms with van der Waals surface area (Å²) < 4.78 is 52.1. The van der Waals surface area contributed by atoms with Gasteiger partial charge in [0.15, 0.2) is 0 Å². The molecule has 0 N–H and O–H groups in total. The second-order valence-electron chi connectivity index (χ2n) is 22.2. The van der Waals surface area contributed by atoms with Crippen LogP contribution in [-0.4, -0.2) is 109 Å². The molecule has 372 valence electrons. The predicted octanol–water partition coefficient (Wildman–Crippen LogP) is 12.1. The number of rotatable bonds is 25. The molecule has 0 saturated carbocycles. The molecule has 0 spiro atoms. The summed E-state index contributed by atoms with van der Waals surface area (Å²) in [6, 6.07) is 25.0. The van der Waals surface area contributed by atoms with Gasteiger partial charge in [-0.05, 0) is 18.1 Å². The first-order chi connectivity index (χ1) is 31.2. The van der Waals surface area contributed by atoms with Crippen molar-refractivity contribution in [1.82, 2.24) is 0 Å². The van der Waals surface area contributed by atoms with Crippen LogP contribution < -0.4 is 13.9 Å². The number of hydrogen-bond donors (Lipinski definition) is 0. The van der Waals surface area contributed by atoms with Gasteiger partial charge in [-0.1, -0.05) is 20.8 Å². The summed E-state index contributed by atoms with van der Waals surface area (Å²) in [4.78, 5) is 28.2. The summed E-state index contributed by atoms with van der Waals surface area (Å²) in [5, 5.41) is 0.0567. The van der Waals surface area contributed by atoms with Crippen LogP contribution in [-0.2, 0) is 28.1 Å². The van der Waals surface area contributed by atoms with Gasteiger partial charge in [0.1, 0.15) is 0 Å². The van der Waals surface area contributed by atoms with Gasteiger partial charge in [0, 0.05) is 0 Å². The van der Waals surface area contributed by atoms with Crippen LogP contribution in [0.4, 0.5) is 0 Å². The van der Waals surface area contributed by atoms with Crippen LogP contribution in [0.3, 0.4) is 0 Å². The number of hydrogen-bond acceptors (Lipinski definition) is 10. The van der Waals surface area contributed by atoms with Gasteiger partial charge in [0.05, 0.1) is 0 Å². The van der Waals surface area contributed by atoms with Gasteiger partial charge >= 0.3 is 376 Å². The molecule has 1 fully saturated rings. The van der Waals surface area contributed by atoms with Crippen molar-refractivity contribution in [1.29, 1.82) is 0 Å².